The molecule has 4 rings (SSSR count). The Kier molecular flexibility index (Phi) is 3.78. The number of fused-ring (bicyclic) bond motifs is 5. The molecular weight excluding hydrogens is 300 g/mol. The zero-order valence-corrected chi connectivity index (χ0v) is 15.3. The Bertz CT molecular complexity index is 582. The molecule has 3 nitrogen and oxygen atoms in total. The van der Waals surface area contributed by atoms with Gasteiger partial charge in [-0.3, -0.25) is 4.79 Å². The summed E-state index contributed by atoms with van der Waals surface area (Å²) in [6, 6.07) is 0. The highest BCUT2D eigenvalue weighted by Gasteiger charge is 2.61. The summed E-state index contributed by atoms with van der Waals surface area (Å²) < 4.78 is 0. The van der Waals surface area contributed by atoms with E-state index in [1.54, 1.807) is 6.92 Å². The van der Waals surface area contributed by atoms with Gasteiger partial charge in [0.25, 0.3) is 0 Å². The Morgan fingerprint density at radius 3 is 2.54 bits per heavy atom. The van der Waals surface area contributed by atoms with Crippen LogP contribution in [0.2, 0.25) is 0 Å². The van der Waals surface area contributed by atoms with Crippen LogP contribution in [0.25, 0.3) is 0 Å². The maximum atomic E-state index is 12.2. The number of ketones is 1. The van der Waals surface area contributed by atoms with Crippen molar-refractivity contribution in [2.45, 2.75) is 77.9 Å². The molecular formula is C21H32O3. The Morgan fingerprint density at radius 2 is 1.83 bits per heavy atom. The van der Waals surface area contributed by atoms with Gasteiger partial charge >= 0.3 is 0 Å². The van der Waals surface area contributed by atoms with Crippen molar-refractivity contribution in [2.24, 2.45) is 34.5 Å². The average molecular weight is 332 g/mol. The summed E-state index contributed by atoms with van der Waals surface area (Å²) in [6.07, 6.45) is 8.26. The lowest BCUT2D eigenvalue weighted by molar-refractivity contribution is -0.129. The second-order valence-electron chi connectivity index (χ2n) is 9.56. The standard InChI is InChI=1S/C21H32O3/c1-12(22)15-4-5-16-14-11-19(24)18-10-13(23)6-8-21(18,3)17(14)7-9-20(15,16)2/h10,13-17,19,23-24H,4-9,11H2,1-3H3/t13-,14-,15+,16-,17-,19+,20+,21+/m0/s1. The number of aliphatic hydroxyl groups excluding tert-OH is 2. The Balaban J connectivity index is 1.70. The van der Waals surface area contributed by atoms with Gasteiger partial charge in [-0.25, -0.2) is 0 Å². The zero-order chi connectivity index (χ0) is 17.3. The minimum Gasteiger partial charge on any atom is -0.389 e. The van der Waals surface area contributed by atoms with Gasteiger partial charge in [0, 0.05) is 5.92 Å². The van der Waals surface area contributed by atoms with E-state index in [0.717, 1.165) is 50.5 Å². The molecule has 0 amide bonds. The van der Waals surface area contributed by atoms with Crippen LogP contribution in [0.3, 0.4) is 0 Å². The number of hydrogen-bond donors (Lipinski definition) is 2. The van der Waals surface area contributed by atoms with Crippen LogP contribution in [0.1, 0.15) is 65.7 Å². The van der Waals surface area contributed by atoms with E-state index in [-0.39, 0.29) is 22.9 Å². The SMILES string of the molecule is CC(=O)[C@H]1CC[C@H]2[C@@H]3C[C@@H](O)C4=C[C@@H](O)CC[C@]4(C)[C@H]3CC[C@]12C. The van der Waals surface area contributed by atoms with Crippen LogP contribution in [-0.2, 0) is 4.79 Å². The van der Waals surface area contributed by atoms with E-state index in [0.29, 0.717) is 23.5 Å². The van der Waals surface area contributed by atoms with Crippen molar-refractivity contribution in [3.8, 4) is 0 Å². The lowest BCUT2D eigenvalue weighted by atomic mass is 9.46. The highest BCUT2D eigenvalue weighted by molar-refractivity contribution is 5.79. The summed E-state index contributed by atoms with van der Waals surface area (Å²) in [5.41, 5.74) is 1.28. The lowest BCUT2D eigenvalue weighted by Gasteiger charge is -2.59. The Labute approximate surface area is 145 Å². The third-order valence-electron chi connectivity index (χ3n) is 8.59. The van der Waals surface area contributed by atoms with Crippen molar-refractivity contribution in [2.75, 3.05) is 0 Å². The predicted molar refractivity (Wildman–Crippen MR) is 93.3 cm³/mol. The van der Waals surface area contributed by atoms with Crippen LogP contribution in [0.5, 0.6) is 0 Å². The number of hydrogen-bond acceptors (Lipinski definition) is 3. The van der Waals surface area contributed by atoms with Gasteiger partial charge in [0.1, 0.15) is 5.78 Å². The van der Waals surface area contributed by atoms with E-state index < -0.39 is 6.10 Å². The Morgan fingerprint density at radius 1 is 1.08 bits per heavy atom. The largest absolute Gasteiger partial charge is 0.389 e. The molecule has 134 valence electrons. The van der Waals surface area contributed by atoms with E-state index in [2.05, 4.69) is 13.8 Å². The van der Waals surface area contributed by atoms with Gasteiger partial charge in [-0.1, -0.05) is 19.9 Å². The number of carbonyl (C=O) groups excluding carboxylic acids is 1. The Hall–Kier alpha value is -0.670. The fourth-order valence-corrected chi connectivity index (χ4v) is 7.42. The first-order chi connectivity index (χ1) is 11.3. The lowest BCUT2D eigenvalue weighted by Crippen LogP contribution is -2.54. The summed E-state index contributed by atoms with van der Waals surface area (Å²) >= 11 is 0. The summed E-state index contributed by atoms with van der Waals surface area (Å²) in [4.78, 5) is 12.2. The van der Waals surface area contributed by atoms with Crippen LogP contribution in [0.15, 0.2) is 11.6 Å². The van der Waals surface area contributed by atoms with Gasteiger partial charge in [-0.15, -0.1) is 0 Å². The monoisotopic (exact) mass is 332 g/mol. The maximum absolute atomic E-state index is 12.2. The summed E-state index contributed by atoms with van der Waals surface area (Å²) in [5, 5.41) is 20.9. The van der Waals surface area contributed by atoms with E-state index in [1.807, 2.05) is 6.08 Å². The zero-order valence-electron chi connectivity index (χ0n) is 15.3. The summed E-state index contributed by atoms with van der Waals surface area (Å²) in [5.74, 6) is 2.29. The molecule has 2 N–H and O–H groups in total. The van der Waals surface area contributed by atoms with Crippen molar-refractivity contribution in [1.82, 2.24) is 0 Å². The van der Waals surface area contributed by atoms with E-state index in [9.17, 15) is 15.0 Å². The molecule has 0 aromatic heterocycles. The topological polar surface area (TPSA) is 57.5 Å². The minimum atomic E-state index is -0.412. The molecule has 3 saturated carbocycles. The molecule has 3 fully saturated rings. The van der Waals surface area contributed by atoms with Gasteiger partial charge in [-0.2, -0.15) is 0 Å². The molecule has 3 heteroatoms. The molecule has 0 bridgehead atoms. The number of Topliss-reactive ketones (excluding diaryl/α,β-unsaturated/α-hetero) is 1. The van der Waals surface area contributed by atoms with E-state index >= 15 is 0 Å². The highest BCUT2D eigenvalue weighted by atomic mass is 16.3. The first-order valence-corrected chi connectivity index (χ1v) is 9.86. The normalized spacial score (nSPS) is 53.6. The fraction of sp³-hybridized carbons (Fsp3) is 0.857. The van der Waals surface area contributed by atoms with Crippen molar-refractivity contribution in [3.63, 3.8) is 0 Å². The molecule has 4 aliphatic rings. The quantitative estimate of drug-likeness (QED) is 0.723. The van der Waals surface area contributed by atoms with Crippen LogP contribution < -0.4 is 0 Å². The van der Waals surface area contributed by atoms with Gasteiger partial charge in [0.05, 0.1) is 12.2 Å². The number of aliphatic hydroxyl groups is 2. The molecule has 0 radical (unpaired) electrons. The van der Waals surface area contributed by atoms with Crippen molar-refractivity contribution in [3.05, 3.63) is 11.6 Å². The minimum absolute atomic E-state index is 0.0389. The smallest absolute Gasteiger partial charge is 0.133 e. The van der Waals surface area contributed by atoms with Crippen LogP contribution in [-0.4, -0.2) is 28.2 Å². The summed E-state index contributed by atoms with van der Waals surface area (Å²) in [7, 11) is 0. The van der Waals surface area contributed by atoms with Crippen LogP contribution in [0.4, 0.5) is 0 Å². The van der Waals surface area contributed by atoms with E-state index in [1.165, 1.54) is 0 Å². The highest BCUT2D eigenvalue weighted by Crippen LogP contribution is 2.66. The second kappa shape index (κ2) is 5.41. The molecule has 8 atom stereocenters. The van der Waals surface area contributed by atoms with E-state index in [4.69, 9.17) is 0 Å². The van der Waals surface area contributed by atoms with Crippen molar-refractivity contribution < 1.29 is 15.0 Å². The molecule has 0 unspecified atom stereocenters. The average Bonchev–Trinajstić information content (AvgIpc) is 2.87. The first-order valence-electron chi connectivity index (χ1n) is 9.86. The second-order valence-corrected chi connectivity index (χ2v) is 9.56. The summed E-state index contributed by atoms with van der Waals surface area (Å²) in [6.45, 7) is 6.44. The van der Waals surface area contributed by atoms with Gasteiger partial charge in [-0.05, 0) is 86.0 Å². The fourth-order valence-electron chi connectivity index (χ4n) is 7.42. The number of rotatable bonds is 1. The molecule has 0 aromatic rings. The molecule has 0 saturated heterocycles. The first kappa shape index (κ1) is 16.8. The third-order valence-corrected chi connectivity index (χ3v) is 8.59. The number of carbonyl (C=O) groups is 1. The maximum Gasteiger partial charge on any atom is 0.133 e. The van der Waals surface area contributed by atoms with Crippen molar-refractivity contribution in [1.29, 1.82) is 0 Å². The molecule has 4 aliphatic carbocycles. The molecule has 0 heterocycles. The third kappa shape index (κ3) is 2.13. The van der Waals surface area contributed by atoms with Crippen molar-refractivity contribution >= 4 is 5.78 Å². The van der Waals surface area contributed by atoms with Gasteiger partial charge in [0.15, 0.2) is 0 Å². The molecule has 0 spiro atoms. The van der Waals surface area contributed by atoms with Crippen LogP contribution >= 0.6 is 0 Å². The molecule has 0 aliphatic heterocycles. The van der Waals surface area contributed by atoms with Gasteiger partial charge in [0.2, 0.25) is 0 Å². The predicted octanol–water partition coefficient (Wildman–Crippen LogP) is 3.49. The molecule has 24 heavy (non-hydrogen) atoms. The molecule has 0 aromatic carbocycles. The van der Waals surface area contributed by atoms with Gasteiger partial charge < -0.3 is 10.2 Å². The van der Waals surface area contributed by atoms with Crippen LogP contribution in [0, 0.1) is 34.5 Å².